The normalized spacial score (nSPS) is 26.6. The van der Waals surface area contributed by atoms with Crippen LogP contribution in [0.2, 0.25) is 0 Å². The van der Waals surface area contributed by atoms with Crippen molar-refractivity contribution in [3.8, 4) is 0 Å². The average Bonchev–Trinajstić information content (AvgIpc) is 2.78. The number of carboxylic acid groups (broad SMARTS) is 1. The first-order valence-corrected chi connectivity index (χ1v) is 7.27. The Labute approximate surface area is 118 Å². The van der Waals surface area contributed by atoms with E-state index in [9.17, 15) is 9.59 Å². The van der Waals surface area contributed by atoms with Gasteiger partial charge in [0.25, 0.3) is 0 Å². The first-order valence-electron chi connectivity index (χ1n) is 7.27. The molecular formula is C15H20N2O3. The summed E-state index contributed by atoms with van der Waals surface area (Å²) in [6.07, 6.45) is 6.61. The number of carbonyl (C=O) groups is 2. The fourth-order valence-corrected chi connectivity index (χ4v) is 3.26. The Balaban J connectivity index is 1.63. The highest BCUT2D eigenvalue weighted by Crippen LogP contribution is 2.35. The molecule has 1 atom stereocenters. The maximum Gasteiger partial charge on any atom is 0.309 e. The molecule has 2 aliphatic heterocycles. The minimum Gasteiger partial charge on any atom is -0.481 e. The standard InChI is InChI=1S/C15H20N2O3/c1-2-14(18)17-6-5-10-7-12(3-4-13(10)17)16-8-11(9-16)15(19)20/h3-4,11-12H,2,5-9H2,1H3,(H,19,20). The summed E-state index contributed by atoms with van der Waals surface area (Å²) in [6, 6.07) is 0.307. The van der Waals surface area contributed by atoms with Crippen molar-refractivity contribution in [2.45, 2.75) is 32.2 Å². The van der Waals surface area contributed by atoms with Gasteiger partial charge in [0.05, 0.1) is 5.92 Å². The van der Waals surface area contributed by atoms with Crippen LogP contribution in [0, 0.1) is 5.92 Å². The van der Waals surface area contributed by atoms with Crippen LogP contribution in [-0.4, -0.2) is 52.5 Å². The van der Waals surface area contributed by atoms with E-state index in [0.29, 0.717) is 25.6 Å². The number of likely N-dealkylation sites (tertiary alicyclic amines) is 1. The second-order valence-corrected chi connectivity index (χ2v) is 5.76. The van der Waals surface area contributed by atoms with Crippen LogP contribution >= 0.6 is 0 Å². The molecule has 1 unspecified atom stereocenters. The maximum atomic E-state index is 11.9. The molecule has 5 heteroatoms. The first kappa shape index (κ1) is 13.4. The molecule has 1 N–H and O–H groups in total. The molecule has 3 aliphatic rings. The highest BCUT2D eigenvalue weighted by atomic mass is 16.4. The number of hydrogen-bond donors (Lipinski definition) is 1. The van der Waals surface area contributed by atoms with Gasteiger partial charge in [0.2, 0.25) is 5.91 Å². The maximum absolute atomic E-state index is 11.9. The lowest BCUT2D eigenvalue weighted by molar-refractivity contribution is -0.148. The Bertz CT molecular complexity index is 503. The van der Waals surface area contributed by atoms with E-state index in [0.717, 1.165) is 25.1 Å². The molecule has 1 amide bonds. The molecule has 5 nitrogen and oxygen atoms in total. The van der Waals surface area contributed by atoms with E-state index in [-0.39, 0.29) is 11.8 Å². The van der Waals surface area contributed by atoms with Gasteiger partial charge < -0.3 is 10.0 Å². The average molecular weight is 276 g/mol. The molecule has 0 aromatic rings. The fraction of sp³-hybridized carbons (Fsp3) is 0.600. The molecule has 2 heterocycles. The molecule has 20 heavy (non-hydrogen) atoms. The van der Waals surface area contributed by atoms with Gasteiger partial charge in [-0.25, -0.2) is 0 Å². The van der Waals surface area contributed by atoms with E-state index in [1.54, 1.807) is 0 Å². The van der Waals surface area contributed by atoms with Crippen molar-refractivity contribution in [3.05, 3.63) is 23.4 Å². The molecule has 1 saturated heterocycles. The largest absolute Gasteiger partial charge is 0.481 e. The smallest absolute Gasteiger partial charge is 0.309 e. The Morgan fingerprint density at radius 2 is 2.15 bits per heavy atom. The Morgan fingerprint density at radius 3 is 2.80 bits per heavy atom. The third kappa shape index (κ3) is 2.16. The number of carboxylic acids is 1. The molecule has 0 saturated carbocycles. The van der Waals surface area contributed by atoms with Gasteiger partial charge in [-0.05, 0) is 24.5 Å². The van der Waals surface area contributed by atoms with E-state index in [2.05, 4.69) is 17.1 Å². The minimum atomic E-state index is -0.693. The van der Waals surface area contributed by atoms with E-state index in [1.807, 2.05) is 11.8 Å². The van der Waals surface area contributed by atoms with Gasteiger partial charge in [0, 0.05) is 37.8 Å². The molecule has 0 aromatic carbocycles. The fourth-order valence-electron chi connectivity index (χ4n) is 3.26. The summed E-state index contributed by atoms with van der Waals surface area (Å²) in [7, 11) is 0. The molecular weight excluding hydrogens is 256 g/mol. The van der Waals surface area contributed by atoms with Gasteiger partial charge in [-0.15, -0.1) is 0 Å². The van der Waals surface area contributed by atoms with Crippen molar-refractivity contribution >= 4 is 11.9 Å². The van der Waals surface area contributed by atoms with Gasteiger partial charge >= 0.3 is 5.97 Å². The van der Waals surface area contributed by atoms with Crippen LogP contribution in [0.15, 0.2) is 23.4 Å². The van der Waals surface area contributed by atoms with Crippen molar-refractivity contribution in [1.29, 1.82) is 0 Å². The second-order valence-electron chi connectivity index (χ2n) is 5.76. The molecule has 108 valence electrons. The SMILES string of the molecule is CCC(=O)N1CCC2=C1C=CC(N1CC(C(=O)O)C1)C2. The predicted molar refractivity (Wildman–Crippen MR) is 73.9 cm³/mol. The molecule has 0 spiro atoms. The van der Waals surface area contributed by atoms with Gasteiger partial charge in [0.1, 0.15) is 0 Å². The van der Waals surface area contributed by atoms with Crippen LogP contribution in [0.5, 0.6) is 0 Å². The van der Waals surface area contributed by atoms with E-state index < -0.39 is 5.97 Å². The third-order valence-electron chi connectivity index (χ3n) is 4.55. The molecule has 0 aromatic heterocycles. The van der Waals surface area contributed by atoms with E-state index in [4.69, 9.17) is 5.11 Å². The molecule has 0 bridgehead atoms. The van der Waals surface area contributed by atoms with Crippen molar-refractivity contribution in [1.82, 2.24) is 9.80 Å². The van der Waals surface area contributed by atoms with E-state index in [1.165, 1.54) is 5.57 Å². The van der Waals surface area contributed by atoms with Crippen LogP contribution < -0.4 is 0 Å². The summed E-state index contributed by atoms with van der Waals surface area (Å²) >= 11 is 0. The van der Waals surface area contributed by atoms with Gasteiger partial charge in [-0.1, -0.05) is 13.0 Å². The number of allylic oxidation sites excluding steroid dienone is 1. The zero-order chi connectivity index (χ0) is 14.3. The lowest BCUT2D eigenvalue weighted by Crippen LogP contribution is -2.54. The highest BCUT2D eigenvalue weighted by Gasteiger charge is 2.38. The van der Waals surface area contributed by atoms with Crippen molar-refractivity contribution < 1.29 is 14.7 Å². The summed E-state index contributed by atoms with van der Waals surface area (Å²) < 4.78 is 0. The highest BCUT2D eigenvalue weighted by molar-refractivity contribution is 5.79. The van der Waals surface area contributed by atoms with Crippen LogP contribution in [0.1, 0.15) is 26.2 Å². The van der Waals surface area contributed by atoms with Crippen molar-refractivity contribution in [3.63, 3.8) is 0 Å². The monoisotopic (exact) mass is 276 g/mol. The number of carbonyl (C=O) groups excluding carboxylic acids is 1. The summed E-state index contributed by atoms with van der Waals surface area (Å²) in [5, 5.41) is 8.92. The van der Waals surface area contributed by atoms with Gasteiger partial charge in [0.15, 0.2) is 0 Å². The molecule has 1 aliphatic carbocycles. The number of aliphatic carboxylic acids is 1. The predicted octanol–water partition coefficient (Wildman–Crippen LogP) is 1.23. The first-order chi connectivity index (χ1) is 9.60. The summed E-state index contributed by atoms with van der Waals surface area (Å²) in [5.74, 6) is -0.713. The Morgan fingerprint density at radius 1 is 1.40 bits per heavy atom. The minimum absolute atomic E-state index is 0.188. The van der Waals surface area contributed by atoms with Crippen LogP contribution in [0.25, 0.3) is 0 Å². The van der Waals surface area contributed by atoms with Crippen molar-refractivity contribution in [2.75, 3.05) is 19.6 Å². The second kappa shape index (κ2) is 5.05. The van der Waals surface area contributed by atoms with E-state index >= 15 is 0 Å². The number of nitrogens with zero attached hydrogens (tertiary/aromatic N) is 2. The molecule has 0 radical (unpaired) electrons. The third-order valence-corrected chi connectivity index (χ3v) is 4.55. The molecule has 3 rings (SSSR count). The van der Waals surface area contributed by atoms with Gasteiger partial charge in [-0.2, -0.15) is 0 Å². The topological polar surface area (TPSA) is 60.9 Å². The van der Waals surface area contributed by atoms with Crippen LogP contribution in [0.4, 0.5) is 0 Å². The van der Waals surface area contributed by atoms with Crippen LogP contribution in [-0.2, 0) is 9.59 Å². The Kier molecular flexibility index (Phi) is 3.38. The van der Waals surface area contributed by atoms with Gasteiger partial charge in [-0.3, -0.25) is 14.5 Å². The number of rotatable bonds is 3. The summed E-state index contributed by atoms with van der Waals surface area (Å²) in [4.78, 5) is 26.8. The zero-order valence-electron chi connectivity index (χ0n) is 11.7. The summed E-state index contributed by atoms with van der Waals surface area (Å²) in [6.45, 7) is 3.98. The Hall–Kier alpha value is -1.62. The van der Waals surface area contributed by atoms with Crippen LogP contribution in [0.3, 0.4) is 0 Å². The summed E-state index contributed by atoms with van der Waals surface area (Å²) in [5.41, 5.74) is 2.43. The number of amides is 1. The number of hydrogen-bond acceptors (Lipinski definition) is 3. The quantitative estimate of drug-likeness (QED) is 0.842. The van der Waals surface area contributed by atoms with Crippen molar-refractivity contribution in [2.24, 2.45) is 5.92 Å². The molecule has 1 fully saturated rings. The lowest BCUT2D eigenvalue weighted by atomic mass is 9.91. The zero-order valence-corrected chi connectivity index (χ0v) is 11.7. The lowest BCUT2D eigenvalue weighted by Gasteiger charge is -2.42.